The number of carbonyl (C=O) groups is 1. The second-order valence-electron chi connectivity index (χ2n) is 8.42. The Labute approximate surface area is 196 Å². The van der Waals surface area contributed by atoms with Gasteiger partial charge in [0, 0.05) is 0 Å². The van der Waals surface area contributed by atoms with Crippen molar-refractivity contribution < 1.29 is 13.2 Å². The van der Waals surface area contributed by atoms with Crippen LogP contribution in [0.25, 0.3) is 0 Å². The Morgan fingerprint density at radius 2 is 1.55 bits per heavy atom. The average Bonchev–Trinajstić information content (AvgIpc) is 2.86. The number of para-hydroxylation sites is 1. The van der Waals surface area contributed by atoms with Crippen LogP contribution in [0.2, 0.25) is 0 Å². The third-order valence-electron chi connectivity index (χ3n) is 6.18. The molecule has 0 saturated carbocycles. The second-order valence-corrected chi connectivity index (χ2v) is 10.3. The maximum atomic E-state index is 13.4. The fourth-order valence-corrected chi connectivity index (χ4v) is 5.83. The topological polar surface area (TPSA) is 66.5 Å². The average molecular weight is 463 g/mol. The van der Waals surface area contributed by atoms with Crippen LogP contribution in [0.3, 0.4) is 0 Å². The highest BCUT2D eigenvalue weighted by Gasteiger charge is 2.28. The van der Waals surface area contributed by atoms with E-state index in [2.05, 4.69) is 23.5 Å². The van der Waals surface area contributed by atoms with Gasteiger partial charge in [-0.1, -0.05) is 61.5 Å². The number of nitrogens with one attached hydrogen (secondary N) is 1. The molecule has 6 heteroatoms. The van der Waals surface area contributed by atoms with Crippen molar-refractivity contribution in [1.82, 2.24) is 5.32 Å². The SMILES string of the molecule is CC[C@H](NC(=O)CN(c1ccccc1)S(=O)(=O)c1ccccc1)c1ccc2c(c1)CCCC2. The van der Waals surface area contributed by atoms with Gasteiger partial charge in [-0.25, -0.2) is 8.42 Å². The van der Waals surface area contributed by atoms with Crippen LogP contribution in [-0.4, -0.2) is 20.9 Å². The highest BCUT2D eigenvalue weighted by molar-refractivity contribution is 7.92. The van der Waals surface area contributed by atoms with Gasteiger partial charge in [-0.3, -0.25) is 9.10 Å². The molecule has 0 unspecified atom stereocenters. The van der Waals surface area contributed by atoms with E-state index in [1.54, 1.807) is 54.6 Å². The monoisotopic (exact) mass is 462 g/mol. The summed E-state index contributed by atoms with van der Waals surface area (Å²) < 4.78 is 28.0. The molecule has 0 radical (unpaired) electrons. The van der Waals surface area contributed by atoms with E-state index in [4.69, 9.17) is 0 Å². The summed E-state index contributed by atoms with van der Waals surface area (Å²) in [5.74, 6) is -0.331. The summed E-state index contributed by atoms with van der Waals surface area (Å²) >= 11 is 0. The zero-order chi connectivity index (χ0) is 23.3. The van der Waals surface area contributed by atoms with Gasteiger partial charge in [0.2, 0.25) is 5.91 Å². The van der Waals surface area contributed by atoms with Crippen molar-refractivity contribution in [3.63, 3.8) is 0 Å². The molecule has 0 saturated heterocycles. The molecule has 3 aromatic rings. The quantitative estimate of drug-likeness (QED) is 0.511. The first-order valence-corrected chi connectivity index (χ1v) is 13.0. The number of nitrogens with zero attached hydrogens (tertiary/aromatic N) is 1. The largest absolute Gasteiger partial charge is 0.348 e. The molecule has 1 N–H and O–H groups in total. The third kappa shape index (κ3) is 5.28. The molecular weight excluding hydrogens is 432 g/mol. The Bertz CT molecular complexity index is 1190. The molecule has 0 aliphatic heterocycles. The van der Waals surface area contributed by atoms with Gasteiger partial charge >= 0.3 is 0 Å². The molecule has 3 aromatic carbocycles. The Morgan fingerprint density at radius 1 is 0.909 bits per heavy atom. The van der Waals surface area contributed by atoms with Crippen molar-refractivity contribution in [2.75, 3.05) is 10.8 Å². The van der Waals surface area contributed by atoms with Crippen LogP contribution in [0, 0.1) is 0 Å². The van der Waals surface area contributed by atoms with E-state index in [9.17, 15) is 13.2 Å². The molecule has 0 heterocycles. The minimum Gasteiger partial charge on any atom is -0.348 e. The number of carbonyl (C=O) groups excluding carboxylic acids is 1. The normalized spacial score (nSPS) is 14.2. The number of fused-ring (bicyclic) bond motifs is 1. The standard InChI is InChI=1S/C27H30N2O3S/c1-2-26(23-18-17-21-11-9-10-12-22(21)19-23)28-27(30)20-29(24-13-5-3-6-14-24)33(31,32)25-15-7-4-8-16-25/h3-8,13-19,26H,2,9-12,20H2,1H3,(H,28,30)/t26-/m0/s1. The van der Waals surface area contributed by atoms with Crippen LogP contribution in [0.5, 0.6) is 0 Å². The van der Waals surface area contributed by atoms with Crippen molar-refractivity contribution in [3.8, 4) is 0 Å². The van der Waals surface area contributed by atoms with Crippen LogP contribution < -0.4 is 9.62 Å². The summed E-state index contributed by atoms with van der Waals surface area (Å²) in [6.07, 6.45) is 5.34. The van der Waals surface area contributed by atoms with Gasteiger partial charge in [0.25, 0.3) is 10.0 Å². The lowest BCUT2D eigenvalue weighted by Crippen LogP contribution is -2.42. The van der Waals surface area contributed by atoms with Crippen LogP contribution in [-0.2, 0) is 27.7 Å². The summed E-state index contributed by atoms with van der Waals surface area (Å²) in [6.45, 7) is 1.74. The number of anilines is 1. The number of rotatable bonds is 8. The van der Waals surface area contributed by atoms with E-state index in [1.807, 2.05) is 13.0 Å². The minimum atomic E-state index is -3.90. The van der Waals surface area contributed by atoms with E-state index >= 15 is 0 Å². The minimum absolute atomic E-state index is 0.156. The zero-order valence-corrected chi connectivity index (χ0v) is 19.7. The van der Waals surface area contributed by atoms with E-state index in [0.29, 0.717) is 5.69 Å². The molecular formula is C27H30N2O3S. The first kappa shape index (κ1) is 23.1. The molecule has 33 heavy (non-hydrogen) atoms. The van der Waals surface area contributed by atoms with Crippen LogP contribution >= 0.6 is 0 Å². The molecule has 0 spiro atoms. The number of benzene rings is 3. The maximum Gasteiger partial charge on any atom is 0.264 e. The molecule has 1 aliphatic carbocycles. The Morgan fingerprint density at radius 3 is 2.21 bits per heavy atom. The Kier molecular flexibility index (Phi) is 7.14. The Balaban J connectivity index is 1.57. The summed E-state index contributed by atoms with van der Waals surface area (Å²) in [5.41, 5.74) is 4.29. The maximum absolute atomic E-state index is 13.4. The lowest BCUT2D eigenvalue weighted by molar-refractivity contribution is -0.120. The van der Waals surface area contributed by atoms with E-state index in [1.165, 1.54) is 28.3 Å². The molecule has 1 atom stereocenters. The molecule has 172 valence electrons. The predicted molar refractivity (Wildman–Crippen MR) is 132 cm³/mol. The summed E-state index contributed by atoms with van der Waals surface area (Å²) in [6, 6.07) is 23.3. The number of aryl methyl sites for hydroxylation is 2. The van der Waals surface area contributed by atoms with E-state index < -0.39 is 10.0 Å². The van der Waals surface area contributed by atoms with Gasteiger partial charge in [0.15, 0.2) is 0 Å². The number of amides is 1. The smallest absolute Gasteiger partial charge is 0.264 e. The van der Waals surface area contributed by atoms with Gasteiger partial charge in [0.05, 0.1) is 16.6 Å². The highest BCUT2D eigenvalue weighted by atomic mass is 32.2. The lowest BCUT2D eigenvalue weighted by Gasteiger charge is -2.26. The summed E-state index contributed by atoms with van der Waals surface area (Å²) in [5, 5.41) is 3.07. The zero-order valence-electron chi connectivity index (χ0n) is 18.9. The molecule has 1 amide bonds. The molecule has 0 fully saturated rings. The first-order valence-electron chi connectivity index (χ1n) is 11.5. The first-order chi connectivity index (χ1) is 16.0. The summed E-state index contributed by atoms with van der Waals surface area (Å²) in [4.78, 5) is 13.3. The van der Waals surface area contributed by atoms with Crippen molar-refractivity contribution >= 4 is 21.6 Å². The molecule has 1 aliphatic rings. The molecule has 5 nitrogen and oxygen atoms in total. The van der Waals surface area contributed by atoms with Crippen molar-refractivity contribution in [2.45, 2.75) is 50.0 Å². The van der Waals surface area contributed by atoms with Crippen LogP contribution in [0.1, 0.15) is 48.9 Å². The number of sulfonamides is 1. The number of hydrogen-bond acceptors (Lipinski definition) is 3. The fraction of sp³-hybridized carbons (Fsp3) is 0.296. The van der Waals surface area contributed by atoms with Crippen LogP contribution in [0.4, 0.5) is 5.69 Å². The molecule has 0 aromatic heterocycles. The molecule has 4 rings (SSSR count). The third-order valence-corrected chi connectivity index (χ3v) is 7.97. The Hall–Kier alpha value is -3.12. The lowest BCUT2D eigenvalue weighted by atomic mass is 9.89. The van der Waals surface area contributed by atoms with Gasteiger partial charge in [0.1, 0.15) is 6.54 Å². The van der Waals surface area contributed by atoms with Crippen molar-refractivity contribution in [3.05, 3.63) is 95.6 Å². The van der Waals surface area contributed by atoms with Gasteiger partial charge in [-0.2, -0.15) is 0 Å². The van der Waals surface area contributed by atoms with Crippen LogP contribution in [0.15, 0.2) is 83.8 Å². The predicted octanol–water partition coefficient (Wildman–Crippen LogP) is 5.03. The van der Waals surface area contributed by atoms with Crippen molar-refractivity contribution in [1.29, 1.82) is 0 Å². The van der Waals surface area contributed by atoms with E-state index in [0.717, 1.165) is 24.8 Å². The van der Waals surface area contributed by atoms with Crippen molar-refractivity contribution in [2.24, 2.45) is 0 Å². The van der Waals surface area contributed by atoms with Gasteiger partial charge in [-0.05, 0) is 73.1 Å². The summed E-state index contributed by atoms with van der Waals surface area (Å²) in [7, 11) is -3.90. The second kappa shape index (κ2) is 10.2. The number of hydrogen-bond donors (Lipinski definition) is 1. The van der Waals surface area contributed by atoms with E-state index in [-0.39, 0.29) is 23.4 Å². The fourth-order valence-electron chi connectivity index (χ4n) is 4.39. The molecule has 0 bridgehead atoms. The van der Waals surface area contributed by atoms with Gasteiger partial charge < -0.3 is 5.32 Å². The van der Waals surface area contributed by atoms with Gasteiger partial charge in [-0.15, -0.1) is 0 Å². The highest BCUT2D eigenvalue weighted by Crippen LogP contribution is 2.27.